The summed E-state index contributed by atoms with van der Waals surface area (Å²) < 4.78 is 39.4. The van der Waals surface area contributed by atoms with Crippen molar-refractivity contribution in [3.05, 3.63) is 66.6 Å². The number of hydrogen-bond donors (Lipinski definition) is 0. The van der Waals surface area contributed by atoms with Gasteiger partial charge in [-0.15, -0.1) is 0 Å². The van der Waals surface area contributed by atoms with E-state index in [0.29, 0.717) is 16.9 Å². The van der Waals surface area contributed by atoms with Gasteiger partial charge in [-0.05, 0) is 30.3 Å². The molecule has 0 aliphatic heterocycles. The van der Waals surface area contributed by atoms with Gasteiger partial charge < -0.3 is 0 Å². The zero-order chi connectivity index (χ0) is 15.7. The molecule has 22 heavy (non-hydrogen) atoms. The van der Waals surface area contributed by atoms with Crippen LogP contribution in [0.4, 0.5) is 4.39 Å². The molecule has 0 spiro atoms. The highest BCUT2D eigenvalue weighted by molar-refractivity contribution is 7.90. The highest BCUT2D eigenvalue weighted by Gasteiger charge is 2.18. The molecule has 0 bridgehead atoms. The summed E-state index contributed by atoms with van der Waals surface area (Å²) in [7, 11) is -3.42. The SMILES string of the molecule is CS(=O)(=O)c1ccccc1-n1nccc1-c1ccccc1F. The van der Waals surface area contributed by atoms with Crippen LogP contribution >= 0.6 is 0 Å². The first-order chi connectivity index (χ1) is 10.5. The van der Waals surface area contributed by atoms with Crippen LogP contribution < -0.4 is 0 Å². The van der Waals surface area contributed by atoms with Crippen molar-refractivity contribution in [3.63, 3.8) is 0 Å². The minimum absolute atomic E-state index is 0.149. The van der Waals surface area contributed by atoms with Crippen molar-refractivity contribution in [1.82, 2.24) is 9.78 Å². The third kappa shape index (κ3) is 2.53. The van der Waals surface area contributed by atoms with Gasteiger partial charge in [0.2, 0.25) is 0 Å². The molecule has 4 nitrogen and oxygen atoms in total. The maximum Gasteiger partial charge on any atom is 0.177 e. The zero-order valence-corrected chi connectivity index (χ0v) is 12.6. The van der Waals surface area contributed by atoms with E-state index in [1.807, 2.05) is 0 Å². The molecule has 0 fully saturated rings. The number of sulfone groups is 1. The summed E-state index contributed by atoms with van der Waals surface area (Å²) in [6.45, 7) is 0. The van der Waals surface area contributed by atoms with Gasteiger partial charge in [0.25, 0.3) is 0 Å². The second-order valence-corrected chi connectivity index (χ2v) is 6.83. The largest absolute Gasteiger partial charge is 0.232 e. The fraction of sp³-hybridized carbons (Fsp3) is 0.0625. The van der Waals surface area contributed by atoms with E-state index < -0.39 is 9.84 Å². The topological polar surface area (TPSA) is 52.0 Å². The Balaban J connectivity index is 2.26. The van der Waals surface area contributed by atoms with Crippen molar-refractivity contribution in [3.8, 4) is 16.9 Å². The second-order valence-electron chi connectivity index (χ2n) is 4.85. The van der Waals surface area contributed by atoms with E-state index in [9.17, 15) is 12.8 Å². The molecule has 0 atom stereocenters. The van der Waals surface area contributed by atoms with Gasteiger partial charge >= 0.3 is 0 Å². The number of aromatic nitrogens is 2. The highest BCUT2D eigenvalue weighted by Crippen LogP contribution is 2.27. The second kappa shape index (κ2) is 5.38. The van der Waals surface area contributed by atoms with Gasteiger partial charge in [0.1, 0.15) is 5.82 Å². The number of halogens is 1. The molecule has 6 heteroatoms. The molecule has 2 aromatic carbocycles. The van der Waals surface area contributed by atoms with Gasteiger partial charge in [0, 0.05) is 11.8 Å². The maximum absolute atomic E-state index is 14.0. The fourth-order valence-corrected chi connectivity index (χ4v) is 3.17. The van der Waals surface area contributed by atoms with Crippen LogP contribution in [0.25, 0.3) is 16.9 Å². The fourth-order valence-electron chi connectivity index (χ4n) is 2.31. The van der Waals surface area contributed by atoms with Crippen molar-refractivity contribution >= 4 is 9.84 Å². The van der Waals surface area contributed by atoms with Crippen LogP contribution in [0.3, 0.4) is 0 Å². The van der Waals surface area contributed by atoms with E-state index in [1.165, 1.54) is 23.0 Å². The summed E-state index contributed by atoms with van der Waals surface area (Å²) in [6, 6.07) is 14.5. The van der Waals surface area contributed by atoms with Gasteiger partial charge in [-0.2, -0.15) is 5.10 Å². The molecular formula is C16H13FN2O2S. The predicted molar refractivity (Wildman–Crippen MR) is 82.1 cm³/mol. The summed E-state index contributed by atoms with van der Waals surface area (Å²) >= 11 is 0. The van der Waals surface area contributed by atoms with Crippen LogP contribution in [0.2, 0.25) is 0 Å². The van der Waals surface area contributed by atoms with Crippen LogP contribution in [0.5, 0.6) is 0 Å². The van der Waals surface area contributed by atoms with Gasteiger partial charge in [-0.1, -0.05) is 24.3 Å². The average molecular weight is 316 g/mol. The molecule has 3 rings (SSSR count). The Hall–Kier alpha value is -2.47. The smallest absolute Gasteiger partial charge is 0.177 e. The first kappa shape index (κ1) is 14.5. The molecule has 3 aromatic rings. The summed E-state index contributed by atoms with van der Waals surface area (Å²) in [5, 5.41) is 4.16. The number of rotatable bonds is 3. The molecule has 0 unspecified atom stereocenters. The van der Waals surface area contributed by atoms with E-state index in [1.54, 1.807) is 42.5 Å². The van der Waals surface area contributed by atoms with E-state index >= 15 is 0 Å². The molecule has 0 radical (unpaired) electrons. The molecule has 0 amide bonds. The minimum atomic E-state index is -3.42. The number of nitrogens with zero attached hydrogens (tertiary/aromatic N) is 2. The Morgan fingerprint density at radius 3 is 2.41 bits per heavy atom. The van der Waals surface area contributed by atoms with Crippen LogP contribution in [0, 0.1) is 5.82 Å². The Morgan fingerprint density at radius 1 is 1.00 bits per heavy atom. The monoisotopic (exact) mass is 316 g/mol. The normalized spacial score (nSPS) is 11.5. The van der Waals surface area contributed by atoms with Crippen molar-refractivity contribution < 1.29 is 12.8 Å². The Labute approximate surface area is 127 Å². The highest BCUT2D eigenvalue weighted by atomic mass is 32.2. The van der Waals surface area contributed by atoms with Crippen molar-refractivity contribution in [2.45, 2.75) is 4.90 Å². The van der Waals surface area contributed by atoms with Crippen LogP contribution in [0.1, 0.15) is 0 Å². The van der Waals surface area contributed by atoms with E-state index in [-0.39, 0.29) is 10.7 Å². The predicted octanol–water partition coefficient (Wildman–Crippen LogP) is 3.08. The maximum atomic E-state index is 14.0. The van der Waals surface area contributed by atoms with E-state index in [4.69, 9.17) is 0 Å². The summed E-state index contributed by atoms with van der Waals surface area (Å²) in [4.78, 5) is 0.149. The first-order valence-electron chi connectivity index (χ1n) is 6.57. The Bertz CT molecular complexity index is 933. The molecule has 0 saturated heterocycles. The number of benzene rings is 2. The third-order valence-electron chi connectivity index (χ3n) is 3.29. The first-order valence-corrected chi connectivity index (χ1v) is 8.46. The average Bonchev–Trinajstić information content (AvgIpc) is 2.96. The lowest BCUT2D eigenvalue weighted by Gasteiger charge is -2.12. The van der Waals surface area contributed by atoms with Gasteiger partial charge in [0.15, 0.2) is 9.84 Å². The van der Waals surface area contributed by atoms with Crippen LogP contribution in [-0.4, -0.2) is 24.5 Å². The van der Waals surface area contributed by atoms with Crippen molar-refractivity contribution in [1.29, 1.82) is 0 Å². The van der Waals surface area contributed by atoms with E-state index in [2.05, 4.69) is 5.10 Å². The van der Waals surface area contributed by atoms with Crippen LogP contribution in [0.15, 0.2) is 65.7 Å². The Kier molecular flexibility index (Phi) is 3.54. The standard InChI is InChI=1S/C16H13FN2O2S/c1-22(20,21)16-9-5-4-8-15(16)19-14(10-11-18-19)12-6-2-3-7-13(12)17/h2-11H,1H3. The number of para-hydroxylation sites is 1. The van der Waals surface area contributed by atoms with E-state index in [0.717, 1.165) is 6.26 Å². The molecule has 1 heterocycles. The van der Waals surface area contributed by atoms with Gasteiger partial charge in [0.05, 0.1) is 22.5 Å². The number of hydrogen-bond acceptors (Lipinski definition) is 3. The lowest BCUT2D eigenvalue weighted by atomic mass is 10.1. The van der Waals surface area contributed by atoms with Crippen molar-refractivity contribution in [2.24, 2.45) is 0 Å². The van der Waals surface area contributed by atoms with Gasteiger partial charge in [-0.25, -0.2) is 17.5 Å². The molecule has 1 aromatic heterocycles. The quantitative estimate of drug-likeness (QED) is 0.746. The molecule has 0 aliphatic rings. The van der Waals surface area contributed by atoms with Crippen LogP contribution in [-0.2, 0) is 9.84 Å². The molecule has 0 saturated carbocycles. The third-order valence-corrected chi connectivity index (χ3v) is 4.43. The summed E-state index contributed by atoms with van der Waals surface area (Å²) in [5.74, 6) is -0.388. The molecule has 0 N–H and O–H groups in total. The minimum Gasteiger partial charge on any atom is -0.232 e. The molecule has 0 aliphatic carbocycles. The van der Waals surface area contributed by atoms with Gasteiger partial charge in [-0.3, -0.25) is 0 Å². The lowest BCUT2D eigenvalue weighted by molar-refractivity contribution is 0.601. The lowest BCUT2D eigenvalue weighted by Crippen LogP contribution is -2.07. The molecular weight excluding hydrogens is 303 g/mol. The summed E-state index contributed by atoms with van der Waals surface area (Å²) in [6.07, 6.45) is 2.65. The zero-order valence-electron chi connectivity index (χ0n) is 11.8. The van der Waals surface area contributed by atoms with Crippen molar-refractivity contribution in [2.75, 3.05) is 6.26 Å². The Morgan fingerprint density at radius 2 is 1.68 bits per heavy atom. The molecule has 112 valence electrons. The summed E-state index contributed by atoms with van der Waals surface area (Å²) in [5.41, 5.74) is 1.26.